The van der Waals surface area contributed by atoms with E-state index in [2.05, 4.69) is 9.88 Å². The first kappa shape index (κ1) is 12.3. The predicted octanol–water partition coefficient (Wildman–Crippen LogP) is 0.658. The average molecular weight is 250 g/mol. The summed E-state index contributed by atoms with van der Waals surface area (Å²) in [6, 6.07) is 3.08. The Hall–Kier alpha value is -2.18. The molecule has 0 aromatic carbocycles. The number of carbonyl (C=O) groups excluding carboxylic acids is 1. The van der Waals surface area contributed by atoms with Gasteiger partial charge in [-0.25, -0.2) is 0 Å². The van der Waals surface area contributed by atoms with Crippen molar-refractivity contribution < 1.29 is 9.72 Å². The molecule has 7 heteroatoms. The van der Waals surface area contributed by atoms with Crippen molar-refractivity contribution in [3.05, 3.63) is 28.4 Å². The van der Waals surface area contributed by atoms with Gasteiger partial charge in [0.25, 0.3) is 0 Å². The van der Waals surface area contributed by atoms with Crippen LogP contribution in [0.1, 0.15) is 6.92 Å². The highest BCUT2D eigenvalue weighted by Crippen LogP contribution is 2.17. The third-order valence-electron chi connectivity index (χ3n) is 3.01. The largest absolute Gasteiger partial charge is 0.365 e. The molecule has 1 aliphatic heterocycles. The van der Waals surface area contributed by atoms with Crippen LogP contribution in [0.5, 0.6) is 0 Å². The summed E-state index contributed by atoms with van der Waals surface area (Å²) in [7, 11) is 0. The third kappa shape index (κ3) is 2.55. The van der Waals surface area contributed by atoms with Crippen LogP contribution in [0, 0.1) is 10.1 Å². The van der Waals surface area contributed by atoms with E-state index >= 15 is 0 Å². The molecular weight excluding hydrogens is 236 g/mol. The molecule has 0 atom stereocenters. The van der Waals surface area contributed by atoms with Crippen LogP contribution in [0.3, 0.4) is 0 Å². The zero-order chi connectivity index (χ0) is 13.1. The van der Waals surface area contributed by atoms with Crippen molar-refractivity contribution in [2.24, 2.45) is 0 Å². The maximum Gasteiger partial charge on any atom is 0.363 e. The Morgan fingerprint density at radius 3 is 2.44 bits per heavy atom. The molecule has 0 spiro atoms. The summed E-state index contributed by atoms with van der Waals surface area (Å²) in [6.07, 6.45) is 1.50. The lowest BCUT2D eigenvalue weighted by Crippen LogP contribution is -2.48. The summed E-state index contributed by atoms with van der Waals surface area (Å²) in [6.45, 7) is 4.35. The Kier molecular flexibility index (Phi) is 3.40. The molecule has 0 radical (unpaired) electrons. The molecule has 1 aromatic heterocycles. The van der Waals surface area contributed by atoms with Crippen molar-refractivity contribution in [2.75, 3.05) is 31.1 Å². The number of piperazine rings is 1. The van der Waals surface area contributed by atoms with Crippen molar-refractivity contribution in [2.45, 2.75) is 6.92 Å². The quantitative estimate of drug-likeness (QED) is 0.569. The Bertz CT molecular complexity index is 452. The van der Waals surface area contributed by atoms with E-state index in [1.165, 1.54) is 12.3 Å². The fraction of sp³-hybridized carbons (Fsp3) is 0.455. The maximum absolute atomic E-state index is 11.2. The normalized spacial score (nSPS) is 15.6. The SMILES string of the molecule is CC(=O)N1CCN(c2ccc([N+](=O)[O-])nc2)CC1. The molecule has 0 bridgehead atoms. The van der Waals surface area contributed by atoms with E-state index in [0.29, 0.717) is 13.1 Å². The first-order chi connectivity index (χ1) is 8.58. The molecule has 0 saturated carbocycles. The monoisotopic (exact) mass is 250 g/mol. The minimum Gasteiger partial charge on any atom is -0.365 e. The molecule has 2 rings (SSSR count). The molecule has 0 unspecified atom stereocenters. The van der Waals surface area contributed by atoms with Crippen LogP contribution in [0.2, 0.25) is 0 Å². The van der Waals surface area contributed by atoms with Gasteiger partial charge in [-0.05, 0) is 16.0 Å². The standard InChI is InChI=1S/C11H14N4O3/c1-9(16)13-4-6-14(7-5-13)10-2-3-11(12-8-10)15(17)18/h2-3,8H,4-7H2,1H3. The van der Waals surface area contributed by atoms with Gasteiger partial charge in [-0.3, -0.25) is 4.79 Å². The minimum atomic E-state index is -0.516. The van der Waals surface area contributed by atoms with Crippen molar-refractivity contribution in [1.82, 2.24) is 9.88 Å². The van der Waals surface area contributed by atoms with Gasteiger partial charge in [-0.15, -0.1) is 0 Å². The lowest BCUT2D eigenvalue weighted by molar-refractivity contribution is -0.389. The molecule has 96 valence electrons. The molecule has 1 saturated heterocycles. The molecule has 0 N–H and O–H groups in total. The first-order valence-electron chi connectivity index (χ1n) is 5.69. The van der Waals surface area contributed by atoms with Gasteiger partial charge in [0.05, 0.1) is 5.69 Å². The van der Waals surface area contributed by atoms with Crippen LogP contribution < -0.4 is 4.90 Å². The summed E-state index contributed by atoms with van der Waals surface area (Å²) in [4.78, 5) is 28.8. The highest BCUT2D eigenvalue weighted by molar-refractivity contribution is 5.73. The average Bonchev–Trinajstić information content (AvgIpc) is 2.39. The summed E-state index contributed by atoms with van der Waals surface area (Å²) < 4.78 is 0. The van der Waals surface area contributed by atoms with Gasteiger partial charge in [-0.2, -0.15) is 0 Å². The van der Waals surface area contributed by atoms with Crippen LogP contribution in [-0.4, -0.2) is 46.9 Å². The van der Waals surface area contributed by atoms with E-state index in [1.54, 1.807) is 17.9 Å². The number of nitro groups is 1. The van der Waals surface area contributed by atoms with E-state index in [4.69, 9.17) is 0 Å². The van der Waals surface area contributed by atoms with E-state index in [0.717, 1.165) is 18.8 Å². The topological polar surface area (TPSA) is 79.6 Å². The van der Waals surface area contributed by atoms with E-state index < -0.39 is 4.92 Å². The van der Waals surface area contributed by atoms with Crippen molar-refractivity contribution in [1.29, 1.82) is 0 Å². The molecular formula is C11H14N4O3. The molecule has 1 aliphatic rings. The summed E-state index contributed by atoms with van der Waals surface area (Å²) >= 11 is 0. The zero-order valence-corrected chi connectivity index (χ0v) is 10.1. The minimum absolute atomic E-state index is 0.0801. The van der Waals surface area contributed by atoms with Gasteiger partial charge in [-0.1, -0.05) is 0 Å². The summed E-state index contributed by atoms with van der Waals surface area (Å²) in [5.74, 6) is -0.0717. The van der Waals surface area contributed by atoms with E-state index in [1.807, 2.05) is 0 Å². The molecule has 1 amide bonds. The number of hydrogen-bond donors (Lipinski definition) is 0. The number of anilines is 1. The van der Waals surface area contributed by atoms with Crippen LogP contribution in [0.4, 0.5) is 11.5 Å². The smallest absolute Gasteiger partial charge is 0.363 e. The fourth-order valence-electron chi connectivity index (χ4n) is 1.95. The Labute approximate surface area is 104 Å². The predicted molar refractivity (Wildman–Crippen MR) is 65.4 cm³/mol. The van der Waals surface area contributed by atoms with Gasteiger partial charge >= 0.3 is 5.82 Å². The number of pyridine rings is 1. The van der Waals surface area contributed by atoms with Crippen LogP contribution in [-0.2, 0) is 4.79 Å². The second-order valence-electron chi connectivity index (χ2n) is 4.12. The highest BCUT2D eigenvalue weighted by atomic mass is 16.6. The van der Waals surface area contributed by atoms with Crippen molar-refractivity contribution in [3.8, 4) is 0 Å². The first-order valence-corrected chi connectivity index (χ1v) is 5.69. The van der Waals surface area contributed by atoms with E-state index in [9.17, 15) is 14.9 Å². The van der Waals surface area contributed by atoms with Crippen molar-refractivity contribution in [3.63, 3.8) is 0 Å². The zero-order valence-electron chi connectivity index (χ0n) is 10.1. The maximum atomic E-state index is 11.2. The van der Waals surface area contributed by atoms with Gasteiger partial charge in [0.1, 0.15) is 0 Å². The lowest BCUT2D eigenvalue weighted by atomic mass is 10.2. The Morgan fingerprint density at radius 2 is 2.00 bits per heavy atom. The fourth-order valence-corrected chi connectivity index (χ4v) is 1.95. The van der Waals surface area contributed by atoms with Gasteiger partial charge < -0.3 is 19.9 Å². The van der Waals surface area contributed by atoms with E-state index in [-0.39, 0.29) is 11.7 Å². The van der Waals surface area contributed by atoms with Crippen LogP contribution in [0.25, 0.3) is 0 Å². The second-order valence-corrected chi connectivity index (χ2v) is 4.12. The number of amides is 1. The Balaban J connectivity index is 2.01. The van der Waals surface area contributed by atoms with Crippen LogP contribution >= 0.6 is 0 Å². The molecule has 18 heavy (non-hydrogen) atoms. The number of nitrogens with zero attached hydrogens (tertiary/aromatic N) is 4. The van der Waals surface area contributed by atoms with Gasteiger partial charge in [0.2, 0.25) is 5.91 Å². The molecule has 1 fully saturated rings. The molecule has 7 nitrogen and oxygen atoms in total. The number of hydrogen-bond acceptors (Lipinski definition) is 5. The second kappa shape index (κ2) is 4.99. The van der Waals surface area contributed by atoms with Crippen LogP contribution in [0.15, 0.2) is 18.3 Å². The Morgan fingerprint density at radius 1 is 1.33 bits per heavy atom. The molecule has 1 aromatic rings. The molecule has 0 aliphatic carbocycles. The van der Waals surface area contributed by atoms with Gasteiger partial charge in [0.15, 0.2) is 6.20 Å². The number of rotatable bonds is 2. The number of aromatic nitrogens is 1. The summed E-state index contributed by atoms with van der Waals surface area (Å²) in [5.41, 5.74) is 0.851. The number of carbonyl (C=O) groups is 1. The lowest BCUT2D eigenvalue weighted by Gasteiger charge is -2.34. The van der Waals surface area contributed by atoms with Crippen molar-refractivity contribution >= 4 is 17.4 Å². The molecule has 2 heterocycles. The summed E-state index contributed by atoms with van der Waals surface area (Å²) in [5, 5.41) is 10.5. The van der Waals surface area contributed by atoms with Gasteiger partial charge in [0, 0.05) is 39.2 Å². The highest BCUT2D eigenvalue weighted by Gasteiger charge is 2.20. The third-order valence-corrected chi connectivity index (χ3v) is 3.01.